The van der Waals surface area contributed by atoms with Gasteiger partial charge in [-0.05, 0) is 31.2 Å². The lowest BCUT2D eigenvalue weighted by Crippen LogP contribution is -2.28. The number of nitrogens with two attached hydrogens (primary N) is 1. The third-order valence-electron chi connectivity index (χ3n) is 2.77. The summed E-state index contributed by atoms with van der Waals surface area (Å²) in [6.45, 7) is 1.90. The average Bonchev–Trinajstić information content (AvgIpc) is 2.76. The van der Waals surface area contributed by atoms with Crippen molar-refractivity contribution in [1.82, 2.24) is 14.9 Å². The number of anilines is 1. The van der Waals surface area contributed by atoms with Crippen LogP contribution >= 0.6 is 0 Å². The SMILES string of the molecule is CC(NC(=O)c1ccc(N)cc1)c1nccn1C. The van der Waals surface area contributed by atoms with Crippen LogP contribution in [0.3, 0.4) is 0 Å². The van der Waals surface area contributed by atoms with Gasteiger partial charge >= 0.3 is 0 Å². The maximum Gasteiger partial charge on any atom is 0.251 e. The summed E-state index contributed by atoms with van der Waals surface area (Å²) in [5.74, 6) is 0.685. The molecule has 2 aromatic rings. The Kier molecular flexibility index (Phi) is 3.32. The monoisotopic (exact) mass is 244 g/mol. The normalized spacial score (nSPS) is 12.1. The van der Waals surface area contributed by atoms with E-state index in [2.05, 4.69) is 10.3 Å². The van der Waals surface area contributed by atoms with E-state index in [9.17, 15) is 4.79 Å². The number of rotatable bonds is 3. The van der Waals surface area contributed by atoms with Gasteiger partial charge in [0.2, 0.25) is 0 Å². The number of carbonyl (C=O) groups excluding carboxylic acids is 1. The summed E-state index contributed by atoms with van der Waals surface area (Å²) in [5.41, 5.74) is 6.81. The van der Waals surface area contributed by atoms with Crippen molar-refractivity contribution in [2.45, 2.75) is 13.0 Å². The molecule has 18 heavy (non-hydrogen) atoms. The number of benzene rings is 1. The van der Waals surface area contributed by atoms with E-state index in [1.807, 2.05) is 24.7 Å². The van der Waals surface area contributed by atoms with Crippen LogP contribution in [0.4, 0.5) is 5.69 Å². The Morgan fingerprint density at radius 1 is 1.39 bits per heavy atom. The van der Waals surface area contributed by atoms with Gasteiger partial charge in [0.1, 0.15) is 5.82 Å². The fourth-order valence-corrected chi connectivity index (χ4v) is 1.77. The number of imidazole rings is 1. The molecule has 1 heterocycles. The molecule has 0 radical (unpaired) electrons. The summed E-state index contributed by atoms with van der Waals surface area (Å²) in [5, 5.41) is 2.90. The Morgan fingerprint density at radius 3 is 2.61 bits per heavy atom. The molecule has 5 heteroatoms. The number of nitrogen functional groups attached to an aromatic ring is 1. The van der Waals surface area contributed by atoms with Crippen molar-refractivity contribution < 1.29 is 4.79 Å². The van der Waals surface area contributed by atoms with Gasteiger partial charge in [0.25, 0.3) is 5.91 Å². The fourth-order valence-electron chi connectivity index (χ4n) is 1.77. The highest BCUT2D eigenvalue weighted by Crippen LogP contribution is 2.11. The molecule has 94 valence electrons. The third kappa shape index (κ3) is 2.51. The van der Waals surface area contributed by atoms with E-state index in [1.54, 1.807) is 30.5 Å². The van der Waals surface area contributed by atoms with Crippen molar-refractivity contribution in [3.8, 4) is 0 Å². The van der Waals surface area contributed by atoms with Crippen molar-refractivity contribution in [3.63, 3.8) is 0 Å². The van der Waals surface area contributed by atoms with Crippen LogP contribution in [-0.4, -0.2) is 15.5 Å². The molecule has 1 atom stereocenters. The topological polar surface area (TPSA) is 72.9 Å². The van der Waals surface area contributed by atoms with Crippen LogP contribution in [0, 0.1) is 0 Å². The second kappa shape index (κ2) is 4.91. The Hall–Kier alpha value is -2.30. The van der Waals surface area contributed by atoms with Crippen molar-refractivity contribution in [3.05, 3.63) is 48.0 Å². The van der Waals surface area contributed by atoms with E-state index in [1.165, 1.54) is 0 Å². The molecule has 3 N–H and O–H groups in total. The van der Waals surface area contributed by atoms with Crippen molar-refractivity contribution in [2.75, 3.05) is 5.73 Å². The minimum Gasteiger partial charge on any atom is -0.399 e. The maximum absolute atomic E-state index is 12.0. The highest BCUT2D eigenvalue weighted by molar-refractivity contribution is 5.94. The van der Waals surface area contributed by atoms with E-state index in [4.69, 9.17) is 5.73 Å². The Bertz CT molecular complexity index is 544. The van der Waals surface area contributed by atoms with Gasteiger partial charge in [0, 0.05) is 30.7 Å². The van der Waals surface area contributed by atoms with Crippen molar-refractivity contribution in [2.24, 2.45) is 7.05 Å². The average molecular weight is 244 g/mol. The lowest BCUT2D eigenvalue weighted by Gasteiger charge is -2.13. The van der Waals surface area contributed by atoms with Crippen LogP contribution in [0.5, 0.6) is 0 Å². The number of nitrogens with zero attached hydrogens (tertiary/aromatic N) is 2. The van der Waals surface area contributed by atoms with Gasteiger partial charge in [0.15, 0.2) is 0 Å². The molecule has 0 saturated heterocycles. The zero-order valence-electron chi connectivity index (χ0n) is 10.4. The predicted octanol–water partition coefficient (Wildman–Crippen LogP) is 1.49. The van der Waals surface area contributed by atoms with Gasteiger partial charge in [-0.3, -0.25) is 4.79 Å². The maximum atomic E-state index is 12.0. The minimum absolute atomic E-state index is 0.134. The molecule has 2 rings (SSSR count). The second-order valence-electron chi connectivity index (χ2n) is 4.21. The standard InChI is InChI=1S/C13H16N4O/c1-9(12-15-7-8-17(12)2)16-13(18)10-3-5-11(14)6-4-10/h3-9H,14H2,1-2H3,(H,16,18). The smallest absolute Gasteiger partial charge is 0.251 e. The molecule has 1 amide bonds. The summed E-state index contributed by atoms with van der Waals surface area (Å²) in [6, 6.07) is 6.68. The number of carbonyl (C=O) groups is 1. The number of aromatic nitrogens is 2. The molecular formula is C13H16N4O. The fraction of sp³-hybridized carbons (Fsp3) is 0.231. The molecule has 0 saturated carbocycles. The summed E-state index contributed by atoms with van der Waals surface area (Å²) in [4.78, 5) is 16.2. The minimum atomic E-state index is -0.143. The molecule has 1 aromatic carbocycles. The Morgan fingerprint density at radius 2 is 2.06 bits per heavy atom. The van der Waals surface area contributed by atoms with Crippen LogP contribution in [0.2, 0.25) is 0 Å². The quantitative estimate of drug-likeness (QED) is 0.803. The third-order valence-corrected chi connectivity index (χ3v) is 2.77. The lowest BCUT2D eigenvalue weighted by atomic mass is 10.2. The summed E-state index contributed by atoms with van der Waals surface area (Å²) < 4.78 is 1.88. The van der Waals surface area contributed by atoms with Crippen molar-refractivity contribution >= 4 is 11.6 Å². The first-order chi connectivity index (χ1) is 8.58. The molecule has 0 aliphatic rings. The van der Waals surface area contributed by atoms with Gasteiger partial charge < -0.3 is 15.6 Å². The van der Waals surface area contributed by atoms with E-state index in [0.29, 0.717) is 11.3 Å². The number of hydrogen-bond acceptors (Lipinski definition) is 3. The molecule has 0 aliphatic heterocycles. The molecule has 5 nitrogen and oxygen atoms in total. The first kappa shape index (κ1) is 12.2. The predicted molar refractivity (Wildman–Crippen MR) is 69.9 cm³/mol. The summed E-state index contributed by atoms with van der Waals surface area (Å²) in [7, 11) is 1.90. The van der Waals surface area contributed by atoms with Gasteiger partial charge in [-0.2, -0.15) is 0 Å². The highest BCUT2D eigenvalue weighted by Gasteiger charge is 2.14. The van der Waals surface area contributed by atoms with Gasteiger partial charge in [0.05, 0.1) is 6.04 Å². The largest absolute Gasteiger partial charge is 0.399 e. The molecule has 0 aliphatic carbocycles. The number of nitrogens with one attached hydrogen (secondary N) is 1. The number of amides is 1. The summed E-state index contributed by atoms with van der Waals surface area (Å²) in [6.07, 6.45) is 3.56. The van der Waals surface area contributed by atoms with Crippen molar-refractivity contribution in [1.29, 1.82) is 0 Å². The van der Waals surface area contributed by atoms with Gasteiger partial charge in [-0.25, -0.2) is 4.98 Å². The zero-order chi connectivity index (χ0) is 13.1. The van der Waals surface area contributed by atoms with E-state index < -0.39 is 0 Å². The molecule has 0 spiro atoms. The first-order valence-corrected chi connectivity index (χ1v) is 5.71. The molecule has 1 unspecified atom stereocenters. The molecule has 0 fully saturated rings. The van der Waals surface area contributed by atoms with Gasteiger partial charge in [-0.1, -0.05) is 0 Å². The van der Waals surface area contributed by atoms with E-state index in [0.717, 1.165) is 5.82 Å². The van der Waals surface area contributed by atoms with Crippen LogP contribution in [0.25, 0.3) is 0 Å². The van der Waals surface area contributed by atoms with Crippen LogP contribution in [-0.2, 0) is 7.05 Å². The number of aryl methyl sites for hydroxylation is 1. The molecule has 0 bridgehead atoms. The first-order valence-electron chi connectivity index (χ1n) is 5.71. The second-order valence-corrected chi connectivity index (χ2v) is 4.21. The Labute approximate surface area is 106 Å². The lowest BCUT2D eigenvalue weighted by molar-refractivity contribution is 0.0938. The highest BCUT2D eigenvalue weighted by atomic mass is 16.1. The molecule has 1 aromatic heterocycles. The van der Waals surface area contributed by atoms with Crippen LogP contribution in [0.1, 0.15) is 29.1 Å². The summed E-state index contributed by atoms with van der Waals surface area (Å²) >= 11 is 0. The number of hydrogen-bond donors (Lipinski definition) is 2. The zero-order valence-corrected chi connectivity index (χ0v) is 10.4. The molecular weight excluding hydrogens is 228 g/mol. The van der Waals surface area contributed by atoms with E-state index >= 15 is 0 Å². The van der Waals surface area contributed by atoms with Crippen LogP contribution in [0.15, 0.2) is 36.7 Å². The van der Waals surface area contributed by atoms with Crippen LogP contribution < -0.4 is 11.1 Å². The Balaban J connectivity index is 2.08. The van der Waals surface area contributed by atoms with Gasteiger partial charge in [-0.15, -0.1) is 0 Å². The van der Waals surface area contributed by atoms with E-state index in [-0.39, 0.29) is 11.9 Å².